The van der Waals surface area contributed by atoms with Gasteiger partial charge in [-0.2, -0.15) is 0 Å². The molecule has 1 fully saturated rings. The zero-order valence-electron chi connectivity index (χ0n) is 12.8. The highest BCUT2D eigenvalue weighted by atomic mass is 16.5. The van der Waals surface area contributed by atoms with Crippen LogP contribution in [0.15, 0.2) is 0 Å². The second-order valence-electron chi connectivity index (χ2n) is 6.75. The SMILES string of the molecule is CCC1CCC(O)(CNC(=O)COC(C)(C)C)CC1. The van der Waals surface area contributed by atoms with Gasteiger partial charge in [-0.1, -0.05) is 13.3 Å². The highest BCUT2D eigenvalue weighted by Gasteiger charge is 2.32. The standard InChI is InChI=1S/C15H29NO3/c1-5-12-6-8-15(18,9-7-12)11-16-13(17)10-19-14(2,3)4/h12,18H,5-11H2,1-4H3,(H,16,17). The number of nitrogens with one attached hydrogen (secondary N) is 1. The van der Waals surface area contributed by atoms with Crippen LogP contribution in [0.2, 0.25) is 0 Å². The summed E-state index contributed by atoms with van der Waals surface area (Å²) < 4.78 is 5.40. The summed E-state index contributed by atoms with van der Waals surface area (Å²) in [6, 6.07) is 0. The van der Waals surface area contributed by atoms with Gasteiger partial charge in [0, 0.05) is 6.54 Å². The number of carbonyl (C=O) groups excluding carboxylic acids is 1. The van der Waals surface area contributed by atoms with Gasteiger partial charge in [0.1, 0.15) is 6.61 Å². The van der Waals surface area contributed by atoms with Gasteiger partial charge in [-0.3, -0.25) is 4.79 Å². The molecule has 1 saturated carbocycles. The average Bonchev–Trinajstić information content (AvgIpc) is 2.34. The van der Waals surface area contributed by atoms with Crippen molar-refractivity contribution >= 4 is 5.91 Å². The molecule has 0 heterocycles. The predicted octanol–water partition coefficient (Wildman–Crippen LogP) is 2.25. The quantitative estimate of drug-likeness (QED) is 0.806. The minimum atomic E-state index is -0.719. The van der Waals surface area contributed by atoms with Gasteiger partial charge < -0.3 is 15.2 Å². The van der Waals surface area contributed by atoms with Crippen LogP contribution in [0.5, 0.6) is 0 Å². The van der Waals surface area contributed by atoms with Gasteiger partial charge in [-0.05, 0) is 52.4 Å². The zero-order chi connectivity index (χ0) is 14.5. The highest BCUT2D eigenvalue weighted by molar-refractivity contribution is 5.77. The maximum Gasteiger partial charge on any atom is 0.246 e. The Kier molecular flexibility index (Phi) is 5.81. The topological polar surface area (TPSA) is 58.6 Å². The normalized spacial score (nSPS) is 28.2. The smallest absolute Gasteiger partial charge is 0.246 e. The van der Waals surface area contributed by atoms with Crippen LogP contribution in [-0.2, 0) is 9.53 Å². The van der Waals surface area contributed by atoms with Crippen LogP contribution in [0.1, 0.15) is 59.8 Å². The van der Waals surface area contributed by atoms with Gasteiger partial charge in [-0.15, -0.1) is 0 Å². The molecule has 1 amide bonds. The van der Waals surface area contributed by atoms with E-state index in [4.69, 9.17) is 4.74 Å². The van der Waals surface area contributed by atoms with Crippen molar-refractivity contribution in [1.82, 2.24) is 5.32 Å². The third-order valence-electron chi connectivity index (χ3n) is 3.86. The molecule has 0 aromatic carbocycles. The Balaban J connectivity index is 2.26. The Morgan fingerprint density at radius 1 is 1.37 bits per heavy atom. The first-order valence-corrected chi connectivity index (χ1v) is 7.37. The van der Waals surface area contributed by atoms with E-state index in [9.17, 15) is 9.90 Å². The Labute approximate surface area is 116 Å². The fourth-order valence-corrected chi connectivity index (χ4v) is 2.40. The Bertz CT molecular complexity index is 288. The molecule has 1 aliphatic carbocycles. The van der Waals surface area contributed by atoms with Gasteiger partial charge in [-0.25, -0.2) is 0 Å². The third kappa shape index (κ3) is 6.39. The highest BCUT2D eigenvalue weighted by Crippen LogP contribution is 2.33. The van der Waals surface area contributed by atoms with Crippen molar-refractivity contribution in [2.24, 2.45) is 5.92 Å². The summed E-state index contributed by atoms with van der Waals surface area (Å²) in [6.07, 6.45) is 4.86. The molecule has 1 aliphatic rings. The second-order valence-corrected chi connectivity index (χ2v) is 6.75. The van der Waals surface area contributed by atoms with Crippen LogP contribution in [-0.4, -0.2) is 35.4 Å². The number of aliphatic hydroxyl groups is 1. The molecule has 0 aliphatic heterocycles. The van der Waals surface area contributed by atoms with Crippen molar-refractivity contribution < 1.29 is 14.6 Å². The summed E-state index contributed by atoms with van der Waals surface area (Å²) in [5.74, 6) is 0.584. The molecule has 1 rings (SSSR count). The van der Waals surface area contributed by atoms with E-state index >= 15 is 0 Å². The van der Waals surface area contributed by atoms with Crippen LogP contribution in [0.25, 0.3) is 0 Å². The molecule has 2 N–H and O–H groups in total. The van der Waals surface area contributed by atoms with Crippen molar-refractivity contribution in [3.63, 3.8) is 0 Å². The van der Waals surface area contributed by atoms with Crippen molar-refractivity contribution in [3.8, 4) is 0 Å². The summed E-state index contributed by atoms with van der Waals surface area (Å²) >= 11 is 0. The van der Waals surface area contributed by atoms with Crippen molar-refractivity contribution in [2.45, 2.75) is 71.0 Å². The zero-order valence-corrected chi connectivity index (χ0v) is 12.8. The number of ether oxygens (including phenoxy) is 1. The molecule has 0 spiro atoms. The van der Waals surface area contributed by atoms with Gasteiger partial charge in [0.05, 0.1) is 11.2 Å². The summed E-state index contributed by atoms with van der Waals surface area (Å²) in [5, 5.41) is 13.2. The molecule has 0 saturated heterocycles. The van der Waals surface area contributed by atoms with E-state index in [0.717, 1.165) is 31.6 Å². The number of hydrogen-bond acceptors (Lipinski definition) is 3. The molecule has 0 bridgehead atoms. The summed E-state index contributed by atoms with van der Waals surface area (Å²) in [5.41, 5.74) is -1.03. The Hall–Kier alpha value is -0.610. The van der Waals surface area contributed by atoms with E-state index in [1.54, 1.807) is 0 Å². The molecule has 0 radical (unpaired) electrons. The van der Waals surface area contributed by atoms with Gasteiger partial charge in [0.25, 0.3) is 0 Å². The lowest BCUT2D eigenvalue weighted by atomic mass is 9.78. The summed E-state index contributed by atoms with van der Waals surface area (Å²) in [4.78, 5) is 11.6. The number of rotatable bonds is 5. The Morgan fingerprint density at radius 3 is 2.42 bits per heavy atom. The minimum Gasteiger partial charge on any atom is -0.388 e. The van der Waals surface area contributed by atoms with Crippen LogP contribution in [0, 0.1) is 5.92 Å². The predicted molar refractivity (Wildman–Crippen MR) is 75.9 cm³/mol. The van der Waals surface area contributed by atoms with E-state index in [2.05, 4.69) is 12.2 Å². The van der Waals surface area contributed by atoms with Crippen LogP contribution in [0.3, 0.4) is 0 Å². The average molecular weight is 271 g/mol. The summed E-state index contributed by atoms with van der Waals surface area (Å²) in [7, 11) is 0. The van der Waals surface area contributed by atoms with Crippen LogP contribution < -0.4 is 5.32 Å². The maximum absolute atomic E-state index is 11.6. The molecular weight excluding hydrogens is 242 g/mol. The maximum atomic E-state index is 11.6. The Morgan fingerprint density at radius 2 is 1.95 bits per heavy atom. The van der Waals surface area contributed by atoms with Crippen molar-refractivity contribution in [1.29, 1.82) is 0 Å². The lowest BCUT2D eigenvalue weighted by molar-refractivity contribution is -0.132. The molecule has 0 aromatic rings. The van der Waals surface area contributed by atoms with Crippen molar-refractivity contribution in [3.05, 3.63) is 0 Å². The fourth-order valence-electron chi connectivity index (χ4n) is 2.40. The molecule has 19 heavy (non-hydrogen) atoms. The largest absolute Gasteiger partial charge is 0.388 e. The molecular formula is C15H29NO3. The van der Waals surface area contributed by atoms with E-state index < -0.39 is 5.60 Å². The summed E-state index contributed by atoms with van der Waals surface area (Å²) in [6.45, 7) is 8.34. The van der Waals surface area contributed by atoms with E-state index in [0.29, 0.717) is 6.54 Å². The molecule has 0 unspecified atom stereocenters. The number of carbonyl (C=O) groups is 1. The first kappa shape index (κ1) is 16.4. The number of amides is 1. The molecule has 112 valence electrons. The first-order valence-electron chi connectivity index (χ1n) is 7.37. The van der Waals surface area contributed by atoms with E-state index in [1.165, 1.54) is 6.42 Å². The molecule has 4 nitrogen and oxygen atoms in total. The van der Waals surface area contributed by atoms with E-state index in [-0.39, 0.29) is 18.1 Å². The monoisotopic (exact) mass is 271 g/mol. The molecule has 0 atom stereocenters. The fraction of sp³-hybridized carbons (Fsp3) is 0.933. The lowest BCUT2D eigenvalue weighted by Gasteiger charge is -2.35. The molecule has 0 aromatic heterocycles. The van der Waals surface area contributed by atoms with Gasteiger partial charge >= 0.3 is 0 Å². The van der Waals surface area contributed by atoms with Crippen molar-refractivity contribution in [2.75, 3.05) is 13.2 Å². The molecule has 4 heteroatoms. The van der Waals surface area contributed by atoms with Crippen LogP contribution >= 0.6 is 0 Å². The second kappa shape index (κ2) is 6.71. The van der Waals surface area contributed by atoms with Gasteiger partial charge in [0.2, 0.25) is 5.91 Å². The van der Waals surface area contributed by atoms with Gasteiger partial charge in [0.15, 0.2) is 0 Å². The number of hydrogen-bond donors (Lipinski definition) is 2. The lowest BCUT2D eigenvalue weighted by Crippen LogP contribution is -2.46. The third-order valence-corrected chi connectivity index (χ3v) is 3.86. The van der Waals surface area contributed by atoms with Crippen LogP contribution in [0.4, 0.5) is 0 Å². The minimum absolute atomic E-state index is 0.0527. The first-order chi connectivity index (χ1) is 8.74. The van der Waals surface area contributed by atoms with E-state index in [1.807, 2.05) is 20.8 Å².